The highest BCUT2D eigenvalue weighted by Gasteiger charge is 2.44. The molecular weight excluding hydrogens is 349 g/mol. The summed E-state index contributed by atoms with van der Waals surface area (Å²) in [5.74, 6) is -0.336. The van der Waals surface area contributed by atoms with Crippen molar-refractivity contribution < 1.29 is 27.5 Å². The van der Waals surface area contributed by atoms with Crippen LogP contribution >= 0.6 is 11.6 Å². The number of ether oxygens (including phenoxy) is 1. The molecule has 5 nitrogen and oxygen atoms in total. The summed E-state index contributed by atoms with van der Waals surface area (Å²) in [5, 5.41) is 2.54. The second kappa shape index (κ2) is 6.74. The van der Waals surface area contributed by atoms with Gasteiger partial charge in [-0.1, -0.05) is 0 Å². The Bertz CT molecular complexity index is 634. The molecule has 0 unspecified atom stereocenters. The zero-order valence-electron chi connectivity index (χ0n) is 13.3. The quantitative estimate of drug-likeness (QED) is 0.597. The number of carbonyl (C=O) groups excluding carboxylic acids is 2. The van der Waals surface area contributed by atoms with Crippen LogP contribution in [0.5, 0.6) is 0 Å². The molecule has 1 saturated carbocycles. The predicted octanol–water partition coefficient (Wildman–Crippen LogP) is 3.97. The normalized spacial score (nSPS) is 24.7. The molecule has 0 radical (unpaired) electrons. The smallest absolute Gasteiger partial charge is 0.433 e. The summed E-state index contributed by atoms with van der Waals surface area (Å²) in [6.07, 6.45) is -2.46. The first kappa shape index (κ1) is 18.8. The zero-order chi connectivity index (χ0) is 18.1. The van der Waals surface area contributed by atoms with Crippen LogP contribution in [-0.4, -0.2) is 27.6 Å². The van der Waals surface area contributed by atoms with Crippen molar-refractivity contribution in [1.29, 1.82) is 0 Å². The second-order valence-corrected chi connectivity index (χ2v) is 6.48. The number of aromatic nitrogens is 2. The van der Waals surface area contributed by atoms with Crippen LogP contribution in [0.2, 0.25) is 0 Å². The molecule has 134 valence electrons. The number of hydrogen-bond donors (Lipinski definition) is 0. The summed E-state index contributed by atoms with van der Waals surface area (Å²) in [4.78, 5) is 23.2. The van der Waals surface area contributed by atoms with Gasteiger partial charge in [0.05, 0.1) is 29.8 Å². The van der Waals surface area contributed by atoms with Crippen LogP contribution in [0.1, 0.15) is 61.6 Å². The van der Waals surface area contributed by atoms with Crippen molar-refractivity contribution in [3.63, 3.8) is 0 Å². The van der Waals surface area contributed by atoms with Crippen molar-refractivity contribution in [1.82, 2.24) is 9.78 Å². The van der Waals surface area contributed by atoms with Gasteiger partial charge in [-0.3, -0.25) is 14.3 Å². The Hall–Kier alpha value is -1.57. The molecule has 1 fully saturated rings. The average Bonchev–Trinajstić information content (AvgIpc) is 2.93. The summed E-state index contributed by atoms with van der Waals surface area (Å²) in [5.41, 5.74) is -2.49. The Balaban J connectivity index is 2.24. The van der Waals surface area contributed by atoms with Crippen LogP contribution in [0.15, 0.2) is 6.20 Å². The lowest BCUT2D eigenvalue weighted by atomic mass is 9.74. The number of esters is 1. The lowest BCUT2D eigenvalue weighted by molar-refractivity contribution is -0.157. The monoisotopic (exact) mass is 366 g/mol. The van der Waals surface area contributed by atoms with Crippen LogP contribution < -0.4 is 0 Å². The Kier molecular flexibility index (Phi) is 5.27. The molecule has 0 aromatic carbocycles. The number of halogens is 4. The molecule has 0 amide bonds. The van der Waals surface area contributed by atoms with Crippen molar-refractivity contribution in [2.75, 3.05) is 6.61 Å². The van der Waals surface area contributed by atoms with Crippen molar-refractivity contribution >= 4 is 22.8 Å². The molecule has 1 aromatic rings. The molecule has 0 bridgehead atoms. The molecule has 1 aliphatic carbocycles. The second-order valence-electron chi connectivity index (χ2n) is 6.14. The molecular formula is C15H18ClF3N2O3. The fraction of sp³-hybridized carbons (Fsp3) is 0.667. The summed E-state index contributed by atoms with van der Waals surface area (Å²) in [6, 6.07) is -0.547. The Labute approximate surface area is 142 Å². The number of nitrogens with zero attached hydrogens (tertiary/aromatic N) is 2. The minimum absolute atomic E-state index is 0.260. The van der Waals surface area contributed by atoms with E-state index in [9.17, 15) is 22.8 Å². The summed E-state index contributed by atoms with van der Waals surface area (Å²) in [7, 11) is 0. The lowest BCUT2D eigenvalue weighted by Crippen LogP contribution is -2.35. The van der Waals surface area contributed by atoms with Gasteiger partial charge < -0.3 is 4.74 Å². The molecule has 1 aliphatic rings. The van der Waals surface area contributed by atoms with Crippen molar-refractivity contribution in [3.05, 3.63) is 17.5 Å². The first-order valence-corrected chi connectivity index (χ1v) is 7.99. The van der Waals surface area contributed by atoms with E-state index in [4.69, 9.17) is 16.3 Å². The third-order valence-electron chi connectivity index (χ3n) is 4.45. The van der Waals surface area contributed by atoms with Gasteiger partial charge in [-0.2, -0.15) is 18.3 Å². The van der Waals surface area contributed by atoms with E-state index in [0.717, 1.165) is 10.9 Å². The van der Waals surface area contributed by atoms with E-state index < -0.39 is 34.1 Å². The van der Waals surface area contributed by atoms with E-state index in [1.165, 1.54) is 0 Å². The van der Waals surface area contributed by atoms with Gasteiger partial charge in [0.25, 0.3) is 5.24 Å². The Morgan fingerprint density at radius 1 is 1.42 bits per heavy atom. The van der Waals surface area contributed by atoms with Crippen LogP contribution in [0, 0.1) is 5.41 Å². The molecule has 1 aromatic heterocycles. The molecule has 0 saturated heterocycles. The molecule has 0 N–H and O–H groups in total. The third kappa shape index (κ3) is 3.58. The van der Waals surface area contributed by atoms with Gasteiger partial charge in [0.1, 0.15) is 0 Å². The minimum Gasteiger partial charge on any atom is -0.466 e. The number of carbonyl (C=O) groups is 2. The van der Waals surface area contributed by atoms with E-state index in [-0.39, 0.29) is 12.6 Å². The highest BCUT2D eigenvalue weighted by atomic mass is 35.5. The maximum absolute atomic E-state index is 13.3. The van der Waals surface area contributed by atoms with Crippen molar-refractivity contribution in [2.24, 2.45) is 5.41 Å². The van der Waals surface area contributed by atoms with Gasteiger partial charge in [0, 0.05) is 0 Å². The van der Waals surface area contributed by atoms with Gasteiger partial charge in [-0.05, 0) is 51.1 Å². The van der Waals surface area contributed by atoms with Crippen LogP contribution in [0.25, 0.3) is 0 Å². The van der Waals surface area contributed by atoms with Gasteiger partial charge >= 0.3 is 12.1 Å². The fourth-order valence-electron chi connectivity index (χ4n) is 3.06. The molecule has 0 atom stereocenters. The van der Waals surface area contributed by atoms with Gasteiger partial charge in [-0.25, -0.2) is 0 Å². The molecule has 9 heteroatoms. The summed E-state index contributed by atoms with van der Waals surface area (Å²) < 4.78 is 45.7. The largest absolute Gasteiger partial charge is 0.466 e. The molecule has 0 spiro atoms. The number of hydrogen-bond acceptors (Lipinski definition) is 4. The predicted molar refractivity (Wildman–Crippen MR) is 79.7 cm³/mol. The zero-order valence-corrected chi connectivity index (χ0v) is 14.1. The maximum atomic E-state index is 13.3. The maximum Gasteiger partial charge on any atom is 0.433 e. The molecule has 0 aliphatic heterocycles. The highest BCUT2D eigenvalue weighted by Crippen LogP contribution is 2.44. The summed E-state index contributed by atoms with van der Waals surface area (Å²) in [6.45, 7) is 3.72. The van der Waals surface area contributed by atoms with Crippen molar-refractivity contribution in [3.8, 4) is 0 Å². The molecule has 24 heavy (non-hydrogen) atoms. The fourth-order valence-corrected chi connectivity index (χ4v) is 3.20. The van der Waals surface area contributed by atoms with E-state index in [2.05, 4.69) is 5.10 Å². The van der Waals surface area contributed by atoms with E-state index in [1.807, 2.05) is 0 Å². The first-order chi connectivity index (χ1) is 11.1. The van der Waals surface area contributed by atoms with Crippen LogP contribution in [0.4, 0.5) is 13.2 Å². The van der Waals surface area contributed by atoms with E-state index in [0.29, 0.717) is 25.7 Å². The highest BCUT2D eigenvalue weighted by molar-refractivity contribution is 6.67. The third-order valence-corrected chi connectivity index (χ3v) is 4.65. The lowest BCUT2D eigenvalue weighted by Gasteiger charge is -2.35. The van der Waals surface area contributed by atoms with E-state index >= 15 is 0 Å². The van der Waals surface area contributed by atoms with Gasteiger partial charge in [0.15, 0.2) is 5.69 Å². The number of alkyl halides is 3. The van der Waals surface area contributed by atoms with Crippen molar-refractivity contribution in [2.45, 2.75) is 51.7 Å². The van der Waals surface area contributed by atoms with Crippen LogP contribution in [-0.2, 0) is 15.7 Å². The van der Waals surface area contributed by atoms with E-state index in [1.54, 1.807) is 13.8 Å². The number of rotatable bonds is 4. The van der Waals surface area contributed by atoms with Gasteiger partial charge in [-0.15, -0.1) is 0 Å². The molecule has 2 rings (SSSR count). The SMILES string of the molecule is CCOC(=O)C1(C)CCC(n2ncc(C(=O)Cl)c2C(F)(F)F)CC1. The topological polar surface area (TPSA) is 61.2 Å². The van der Waals surface area contributed by atoms with Crippen LogP contribution in [0.3, 0.4) is 0 Å². The minimum atomic E-state index is -4.74. The average molecular weight is 367 g/mol. The molecule has 1 heterocycles. The first-order valence-electron chi connectivity index (χ1n) is 7.62. The Morgan fingerprint density at radius 2 is 2.00 bits per heavy atom. The van der Waals surface area contributed by atoms with Gasteiger partial charge in [0.2, 0.25) is 0 Å². The standard InChI is InChI=1S/C15H18ClF3N2O3/c1-3-24-13(23)14(2)6-4-9(5-7-14)21-11(15(17,18)19)10(8-20-21)12(16)22/h8-9H,3-7H2,1-2H3. The summed E-state index contributed by atoms with van der Waals surface area (Å²) >= 11 is 5.23. The Morgan fingerprint density at radius 3 is 2.46 bits per heavy atom.